The minimum atomic E-state index is 0.260. The molecule has 4 nitrogen and oxygen atoms in total. The molecule has 1 aromatic heterocycles. The monoisotopic (exact) mass is 240 g/mol. The number of hydrogen-bond donors (Lipinski definition) is 1. The highest BCUT2D eigenvalue weighted by Gasteiger charge is 2.24. The van der Waals surface area contributed by atoms with E-state index < -0.39 is 0 Å². The van der Waals surface area contributed by atoms with Crippen molar-refractivity contribution < 1.29 is 0 Å². The normalized spacial score (nSPS) is 25.8. The third-order valence-corrected chi connectivity index (χ3v) is 3.58. The van der Waals surface area contributed by atoms with E-state index in [9.17, 15) is 0 Å². The molecule has 0 bridgehead atoms. The lowest BCUT2D eigenvalue weighted by atomic mass is 9.89. The van der Waals surface area contributed by atoms with Crippen LogP contribution < -0.4 is 10.6 Å². The van der Waals surface area contributed by atoms with Gasteiger partial charge in [-0.05, 0) is 29.9 Å². The fourth-order valence-corrected chi connectivity index (χ4v) is 2.20. The summed E-state index contributed by atoms with van der Waals surface area (Å²) >= 11 is 5.80. The molecular weight excluding hydrogens is 224 g/mol. The molecule has 2 heterocycles. The van der Waals surface area contributed by atoms with Crippen LogP contribution in [0.4, 0.5) is 11.5 Å². The van der Waals surface area contributed by atoms with E-state index in [1.54, 1.807) is 6.20 Å². The number of nitrogens with two attached hydrogens (primary N) is 1. The van der Waals surface area contributed by atoms with Crippen molar-refractivity contribution in [1.29, 1.82) is 0 Å². The van der Waals surface area contributed by atoms with E-state index >= 15 is 0 Å². The summed E-state index contributed by atoms with van der Waals surface area (Å²) in [5, 5.41) is 0.260. The van der Waals surface area contributed by atoms with Crippen molar-refractivity contribution >= 4 is 23.1 Å². The summed E-state index contributed by atoms with van der Waals surface area (Å²) in [5.41, 5.74) is 6.48. The molecule has 1 saturated heterocycles. The maximum absolute atomic E-state index is 5.88. The van der Waals surface area contributed by atoms with E-state index in [2.05, 4.69) is 28.7 Å². The van der Waals surface area contributed by atoms with Crippen molar-refractivity contribution in [3.05, 3.63) is 11.5 Å². The minimum Gasteiger partial charge on any atom is -0.394 e. The zero-order valence-corrected chi connectivity index (χ0v) is 10.4. The fourth-order valence-electron chi connectivity index (χ4n) is 2.07. The van der Waals surface area contributed by atoms with Crippen LogP contribution in [0.1, 0.15) is 20.3 Å². The molecule has 0 aromatic carbocycles. The molecule has 2 rings (SSSR count). The first kappa shape index (κ1) is 11.5. The number of nitrogens with zero attached hydrogens (tertiary/aromatic N) is 3. The number of hydrogen-bond acceptors (Lipinski definition) is 4. The standard InChI is InChI=1S/C11H17ClN4/c1-7-3-4-16(6-8(7)2)10-9(13)5-14-11(12)15-10/h5,7-8H,3-4,6,13H2,1-2H3. The van der Waals surface area contributed by atoms with Crippen molar-refractivity contribution in [3.8, 4) is 0 Å². The molecular formula is C11H17ClN4. The minimum absolute atomic E-state index is 0.260. The van der Waals surface area contributed by atoms with Gasteiger partial charge in [0.15, 0.2) is 5.82 Å². The van der Waals surface area contributed by atoms with E-state index in [0.717, 1.165) is 24.8 Å². The van der Waals surface area contributed by atoms with E-state index in [1.165, 1.54) is 6.42 Å². The molecule has 0 radical (unpaired) electrons. The van der Waals surface area contributed by atoms with Crippen LogP contribution >= 0.6 is 11.6 Å². The van der Waals surface area contributed by atoms with Crippen LogP contribution in [0.2, 0.25) is 5.28 Å². The zero-order chi connectivity index (χ0) is 11.7. The molecule has 2 atom stereocenters. The first-order valence-electron chi connectivity index (χ1n) is 5.61. The van der Waals surface area contributed by atoms with Crippen LogP contribution in [0.3, 0.4) is 0 Å². The van der Waals surface area contributed by atoms with Crippen LogP contribution in [0, 0.1) is 11.8 Å². The average molecular weight is 241 g/mol. The van der Waals surface area contributed by atoms with Gasteiger partial charge in [-0.1, -0.05) is 13.8 Å². The SMILES string of the molecule is CC1CCN(c2nc(Cl)ncc2N)CC1C. The highest BCUT2D eigenvalue weighted by Crippen LogP contribution is 2.29. The largest absolute Gasteiger partial charge is 0.394 e. The molecule has 88 valence electrons. The van der Waals surface area contributed by atoms with E-state index in [-0.39, 0.29) is 5.28 Å². The van der Waals surface area contributed by atoms with Gasteiger partial charge in [-0.25, -0.2) is 4.98 Å². The van der Waals surface area contributed by atoms with Gasteiger partial charge in [-0.15, -0.1) is 0 Å². The van der Waals surface area contributed by atoms with Gasteiger partial charge in [0.05, 0.1) is 11.9 Å². The van der Waals surface area contributed by atoms with Crippen molar-refractivity contribution in [2.75, 3.05) is 23.7 Å². The second-order valence-electron chi connectivity index (χ2n) is 4.61. The fraction of sp³-hybridized carbons (Fsp3) is 0.636. The highest BCUT2D eigenvalue weighted by atomic mass is 35.5. The van der Waals surface area contributed by atoms with Gasteiger partial charge >= 0.3 is 0 Å². The molecule has 1 aliphatic heterocycles. The van der Waals surface area contributed by atoms with Crippen LogP contribution in [0.15, 0.2) is 6.20 Å². The van der Waals surface area contributed by atoms with Crippen LogP contribution in [0.25, 0.3) is 0 Å². The molecule has 0 saturated carbocycles. The van der Waals surface area contributed by atoms with Gasteiger partial charge in [0, 0.05) is 13.1 Å². The Morgan fingerprint density at radius 2 is 2.19 bits per heavy atom. The topological polar surface area (TPSA) is 55.0 Å². The number of halogens is 1. The van der Waals surface area contributed by atoms with Gasteiger partial charge in [-0.2, -0.15) is 4.98 Å². The lowest BCUT2D eigenvalue weighted by Gasteiger charge is -2.36. The molecule has 0 spiro atoms. The van der Waals surface area contributed by atoms with Crippen molar-refractivity contribution in [2.24, 2.45) is 11.8 Å². The van der Waals surface area contributed by atoms with Gasteiger partial charge in [0.25, 0.3) is 0 Å². The van der Waals surface area contributed by atoms with Gasteiger partial charge < -0.3 is 10.6 Å². The van der Waals surface area contributed by atoms with Gasteiger partial charge in [0.1, 0.15) is 0 Å². The number of nitrogen functional groups attached to an aromatic ring is 1. The third-order valence-electron chi connectivity index (χ3n) is 3.40. The summed E-state index contributed by atoms with van der Waals surface area (Å²) in [6.45, 7) is 6.52. The predicted molar refractivity (Wildman–Crippen MR) is 66.6 cm³/mol. The summed E-state index contributed by atoms with van der Waals surface area (Å²) in [5.74, 6) is 2.19. The second-order valence-corrected chi connectivity index (χ2v) is 4.95. The molecule has 5 heteroatoms. The second kappa shape index (κ2) is 4.45. The van der Waals surface area contributed by atoms with Crippen LogP contribution in [-0.2, 0) is 0 Å². The first-order chi connectivity index (χ1) is 7.58. The lowest BCUT2D eigenvalue weighted by Crippen LogP contribution is -2.39. The molecule has 1 aliphatic rings. The molecule has 0 aliphatic carbocycles. The molecule has 1 aromatic rings. The Morgan fingerprint density at radius 3 is 2.88 bits per heavy atom. The van der Waals surface area contributed by atoms with Crippen LogP contribution in [0.5, 0.6) is 0 Å². The summed E-state index contributed by atoms with van der Waals surface area (Å²) < 4.78 is 0. The number of rotatable bonds is 1. The summed E-state index contributed by atoms with van der Waals surface area (Å²) in [6.07, 6.45) is 2.75. The summed E-state index contributed by atoms with van der Waals surface area (Å²) in [7, 11) is 0. The van der Waals surface area contributed by atoms with E-state index in [1.807, 2.05) is 0 Å². The molecule has 0 amide bonds. The quantitative estimate of drug-likeness (QED) is 0.765. The Kier molecular flexibility index (Phi) is 3.19. The zero-order valence-electron chi connectivity index (χ0n) is 9.65. The molecule has 16 heavy (non-hydrogen) atoms. The molecule has 2 N–H and O–H groups in total. The highest BCUT2D eigenvalue weighted by molar-refractivity contribution is 6.28. The Bertz CT molecular complexity index is 382. The van der Waals surface area contributed by atoms with Gasteiger partial charge in [-0.3, -0.25) is 0 Å². The smallest absolute Gasteiger partial charge is 0.224 e. The van der Waals surface area contributed by atoms with Gasteiger partial charge in [0.2, 0.25) is 5.28 Å². The van der Waals surface area contributed by atoms with Crippen molar-refractivity contribution in [3.63, 3.8) is 0 Å². The van der Waals surface area contributed by atoms with E-state index in [0.29, 0.717) is 11.6 Å². The van der Waals surface area contributed by atoms with Crippen molar-refractivity contribution in [1.82, 2.24) is 9.97 Å². The third kappa shape index (κ3) is 2.21. The first-order valence-corrected chi connectivity index (χ1v) is 5.98. The van der Waals surface area contributed by atoms with Crippen LogP contribution in [-0.4, -0.2) is 23.1 Å². The average Bonchev–Trinajstić information content (AvgIpc) is 2.26. The Labute approximate surface area is 101 Å². The number of piperidine rings is 1. The molecule has 1 fully saturated rings. The Hall–Kier alpha value is -1.03. The van der Waals surface area contributed by atoms with E-state index in [4.69, 9.17) is 17.3 Å². The number of anilines is 2. The molecule has 2 unspecified atom stereocenters. The Morgan fingerprint density at radius 1 is 1.44 bits per heavy atom. The summed E-state index contributed by atoms with van der Waals surface area (Å²) in [6, 6.07) is 0. The van der Waals surface area contributed by atoms with Crippen molar-refractivity contribution in [2.45, 2.75) is 20.3 Å². The Balaban J connectivity index is 2.21. The maximum atomic E-state index is 5.88. The predicted octanol–water partition coefficient (Wildman–Crippen LogP) is 2.19. The maximum Gasteiger partial charge on any atom is 0.224 e. The lowest BCUT2D eigenvalue weighted by molar-refractivity contribution is 0.323. The summed E-state index contributed by atoms with van der Waals surface area (Å²) in [4.78, 5) is 10.3. The number of aromatic nitrogens is 2.